The Morgan fingerprint density at radius 2 is 1.79 bits per heavy atom. The standard InChI is InChI=1S/C21H24ClN3O2S/c1-15-10-11-17(22)12-18(15)24-28(26,27)19-14-25(23-20(19)21(2,3)4)13-16-8-6-5-7-9-16/h5-12,14,24H,13H2,1-4H3. The van der Waals surface area contributed by atoms with Gasteiger partial charge in [-0.15, -0.1) is 0 Å². The molecule has 0 fully saturated rings. The van der Waals surface area contributed by atoms with Gasteiger partial charge in [0.1, 0.15) is 4.90 Å². The summed E-state index contributed by atoms with van der Waals surface area (Å²) in [6.45, 7) is 8.18. The smallest absolute Gasteiger partial charge is 0.265 e. The van der Waals surface area contributed by atoms with Crippen LogP contribution >= 0.6 is 11.6 Å². The van der Waals surface area contributed by atoms with Crippen LogP contribution in [0.3, 0.4) is 0 Å². The van der Waals surface area contributed by atoms with Crippen LogP contribution in [0.1, 0.15) is 37.6 Å². The van der Waals surface area contributed by atoms with E-state index in [9.17, 15) is 8.42 Å². The number of aryl methyl sites for hydroxylation is 1. The van der Waals surface area contributed by atoms with E-state index in [4.69, 9.17) is 11.6 Å². The molecule has 0 aliphatic heterocycles. The Morgan fingerprint density at radius 1 is 1.11 bits per heavy atom. The summed E-state index contributed by atoms with van der Waals surface area (Å²) in [4.78, 5) is 0.176. The van der Waals surface area contributed by atoms with Crippen LogP contribution in [0.15, 0.2) is 59.6 Å². The van der Waals surface area contributed by atoms with Gasteiger partial charge in [-0.25, -0.2) is 8.42 Å². The van der Waals surface area contributed by atoms with Gasteiger partial charge in [-0.05, 0) is 30.2 Å². The normalized spacial score (nSPS) is 12.2. The van der Waals surface area contributed by atoms with Gasteiger partial charge in [-0.1, -0.05) is 68.8 Å². The van der Waals surface area contributed by atoms with Crippen molar-refractivity contribution in [2.75, 3.05) is 4.72 Å². The maximum Gasteiger partial charge on any atom is 0.265 e. The molecule has 28 heavy (non-hydrogen) atoms. The lowest BCUT2D eigenvalue weighted by Crippen LogP contribution is -2.20. The van der Waals surface area contributed by atoms with Gasteiger partial charge in [-0.2, -0.15) is 5.10 Å². The number of anilines is 1. The fraction of sp³-hybridized carbons (Fsp3) is 0.286. The van der Waals surface area contributed by atoms with Gasteiger partial charge < -0.3 is 0 Å². The van der Waals surface area contributed by atoms with Gasteiger partial charge in [0.2, 0.25) is 0 Å². The number of aromatic nitrogens is 2. The van der Waals surface area contributed by atoms with Crippen LogP contribution in [0.25, 0.3) is 0 Å². The van der Waals surface area contributed by atoms with Crippen molar-refractivity contribution < 1.29 is 8.42 Å². The predicted molar refractivity (Wildman–Crippen MR) is 113 cm³/mol. The Bertz CT molecular complexity index is 1080. The third-order valence-corrected chi connectivity index (χ3v) is 5.96. The summed E-state index contributed by atoms with van der Waals surface area (Å²) in [5.74, 6) is 0. The second-order valence-corrected chi connectivity index (χ2v) is 9.93. The average Bonchev–Trinajstić information content (AvgIpc) is 3.04. The van der Waals surface area contributed by atoms with Crippen molar-refractivity contribution in [3.63, 3.8) is 0 Å². The number of sulfonamides is 1. The summed E-state index contributed by atoms with van der Waals surface area (Å²) < 4.78 is 30.7. The van der Waals surface area contributed by atoms with E-state index in [0.29, 0.717) is 22.9 Å². The summed E-state index contributed by atoms with van der Waals surface area (Å²) in [5.41, 5.74) is 2.39. The molecular formula is C21H24ClN3O2S. The van der Waals surface area contributed by atoms with E-state index in [2.05, 4.69) is 9.82 Å². The Kier molecular flexibility index (Phi) is 5.55. The molecule has 0 atom stereocenters. The second-order valence-electron chi connectivity index (χ2n) is 7.84. The number of hydrogen-bond donors (Lipinski definition) is 1. The van der Waals surface area contributed by atoms with Crippen molar-refractivity contribution in [2.45, 2.75) is 44.6 Å². The topological polar surface area (TPSA) is 64.0 Å². The summed E-state index contributed by atoms with van der Waals surface area (Å²) in [6, 6.07) is 14.9. The third kappa shape index (κ3) is 4.56. The number of hydrogen-bond acceptors (Lipinski definition) is 3. The molecule has 148 valence electrons. The molecule has 3 rings (SSSR count). The zero-order chi connectivity index (χ0) is 20.5. The van der Waals surface area contributed by atoms with Gasteiger partial charge in [0.05, 0.1) is 17.9 Å². The van der Waals surface area contributed by atoms with E-state index in [1.807, 2.05) is 58.0 Å². The lowest BCUT2D eigenvalue weighted by atomic mass is 9.92. The Morgan fingerprint density at radius 3 is 2.43 bits per heavy atom. The highest BCUT2D eigenvalue weighted by molar-refractivity contribution is 7.92. The monoisotopic (exact) mass is 417 g/mol. The minimum absolute atomic E-state index is 0.176. The zero-order valence-electron chi connectivity index (χ0n) is 16.4. The minimum Gasteiger partial charge on any atom is -0.279 e. The van der Waals surface area contributed by atoms with Crippen LogP contribution in [-0.4, -0.2) is 18.2 Å². The zero-order valence-corrected chi connectivity index (χ0v) is 18.0. The molecule has 0 amide bonds. The van der Waals surface area contributed by atoms with Gasteiger partial charge in [0, 0.05) is 16.6 Å². The van der Waals surface area contributed by atoms with E-state index in [-0.39, 0.29) is 4.90 Å². The number of halogens is 1. The molecule has 0 radical (unpaired) electrons. The van der Waals surface area contributed by atoms with Crippen LogP contribution in [0.4, 0.5) is 5.69 Å². The molecule has 5 nitrogen and oxygen atoms in total. The second kappa shape index (κ2) is 7.60. The van der Waals surface area contributed by atoms with E-state index >= 15 is 0 Å². The maximum atomic E-state index is 13.2. The van der Waals surface area contributed by atoms with Crippen molar-refractivity contribution in [2.24, 2.45) is 0 Å². The van der Waals surface area contributed by atoms with Gasteiger partial charge in [0.25, 0.3) is 10.0 Å². The molecule has 3 aromatic rings. The highest BCUT2D eigenvalue weighted by atomic mass is 35.5. The first-order valence-electron chi connectivity index (χ1n) is 8.97. The summed E-state index contributed by atoms with van der Waals surface area (Å²) in [6.07, 6.45) is 1.59. The van der Waals surface area contributed by atoms with Crippen LogP contribution in [-0.2, 0) is 22.0 Å². The number of benzene rings is 2. The molecule has 7 heteroatoms. The SMILES string of the molecule is Cc1ccc(Cl)cc1NS(=O)(=O)c1cn(Cc2ccccc2)nc1C(C)(C)C. The minimum atomic E-state index is -3.83. The first kappa shape index (κ1) is 20.4. The lowest BCUT2D eigenvalue weighted by molar-refractivity contribution is 0.533. The molecule has 0 saturated carbocycles. The van der Waals surface area contributed by atoms with E-state index in [1.165, 1.54) is 0 Å². The quantitative estimate of drug-likeness (QED) is 0.635. The molecule has 0 spiro atoms. The highest BCUT2D eigenvalue weighted by Gasteiger charge is 2.30. The molecule has 1 aromatic heterocycles. The van der Waals surface area contributed by atoms with Crippen LogP contribution in [0, 0.1) is 6.92 Å². The predicted octanol–water partition coefficient (Wildman–Crippen LogP) is 4.99. The van der Waals surface area contributed by atoms with Crippen LogP contribution < -0.4 is 4.72 Å². The number of nitrogens with one attached hydrogen (secondary N) is 1. The Labute approximate surface area is 171 Å². The summed E-state index contributed by atoms with van der Waals surface area (Å²) >= 11 is 6.04. The molecule has 1 heterocycles. The van der Waals surface area contributed by atoms with Gasteiger partial charge >= 0.3 is 0 Å². The lowest BCUT2D eigenvalue weighted by Gasteiger charge is -2.18. The molecular weight excluding hydrogens is 394 g/mol. The first-order valence-corrected chi connectivity index (χ1v) is 10.8. The fourth-order valence-corrected chi connectivity index (χ4v) is 4.53. The third-order valence-electron chi connectivity index (χ3n) is 4.36. The molecule has 0 aliphatic rings. The fourth-order valence-electron chi connectivity index (χ4n) is 2.87. The maximum absolute atomic E-state index is 13.2. The van der Waals surface area contributed by atoms with E-state index in [0.717, 1.165) is 11.1 Å². The van der Waals surface area contributed by atoms with Crippen molar-refractivity contribution in [3.8, 4) is 0 Å². The molecule has 0 bridgehead atoms. The Hall–Kier alpha value is -2.31. The van der Waals surface area contributed by atoms with Gasteiger partial charge in [-0.3, -0.25) is 9.40 Å². The van der Waals surface area contributed by atoms with Crippen LogP contribution in [0.5, 0.6) is 0 Å². The molecule has 0 aliphatic carbocycles. The van der Waals surface area contributed by atoms with Crippen molar-refractivity contribution in [3.05, 3.63) is 76.6 Å². The highest BCUT2D eigenvalue weighted by Crippen LogP contribution is 2.30. The van der Waals surface area contributed by atoms with E-state index in [1.54, 1.807) is 29.1 Å². The van der Waals surface area contributed by atoms with Crippen molar-refractivity contribution in [1.82, 2.24) is 9.78 Å². The number of rotatable bonds is 5. The average molecular weight is 418 g/mol. The Balaban J connectivity index is 2.02. The molecule has 2 aromatic carbocycles. The summed E-state index contributed by atoms with van der Waals surface area (Å²) in [5, 5.41) is 5.07. The summed E-state index contributed by atoms with van der Waals surface area (Å²) in [7, 11) is -3.83. The van der Waals surface area contributed by atoms with Gasteiger partial charge in [0.15, 0.2) is 0 Å². The van der Waals surface area contributed by atoms with Crippen LogP contribution in [0.2, 0.25) is 5.02 Å². The van der Waals surface area contributed by atoms with Crippen molar-refractivity contribution >= 4 is 27.3 Å². The largest absolute Gasteiger partial charge is 0.279 e. The first-order chi connectivity index (χ1) is 13.1. The van der Waals surface area contributed by atoms with Crippen molar-refractivity contribution in [1.29, 1.82) is 0 Å². The van der Waals surface area contributed by atoms with E-state index < -0.39 is 15.4 Å². The molecule has 1 N–H and O–H groups in total. The molecule has 0 saturated heterocycles. The molecule has 0 unspecified atom stereocenters. The number of nitrogens with zero attached hydrogens (tertiary/aromatic N) is 2.